The fraction of sp³-hybridized carbons (Fsp3) is 0.238. The van der Waals surface area contributed by atoms with Crippen LogP contribution in [0.5, 0.6) is 5.75 Å². The lowest BCUT2D eigenvalue weighted by molar-refractivity contribution is -0.116. The summed E-state index contributed by atoms with van der Waals surface area (Å²) in [6.07, 6.45) is 2.45. The molecule has 0 fully saturated rings. The van der Waals surface area contributed by atoms with Gasteiger partial charge < -0.3 is 14.5 Å². The van der Waals surface area contributed by atoms with Crippen LogP contribution < -0.4 is 10.1 Å². The van der Waals surface area contributed by atoms with Crippen molar-refractivity contribution in [3.8, 4) is 17.1 Å². The molecule has 3 aromatic rings. The summed E-state index contributed by atoms with van der Waals surface area (Å²) in [6, 6.07) is 13.4. The van der Waals surface area contributed by atoms with Gasteiger partial charge in [-0.05, 0) is 43.2 Å². The Labute approximate surface area is 153 Å². The molecule has 5 heteroatoms. The van der Waals surface area contributed by atoms with Gasteiger partial charge in [-0.25, -0.2) is 4.98 Å². The maximum Gasteiger partial charge on any atom is 0.224 e. The van der Waals surface area contributed by atoms with Crippen LogP contribution in [-0.2, 0) is 11.2 Å². The number of aromatic nitrogens is 1. The summed E-state index contributed by atoms with van der Waals surface area (Å²) >= 11 is 0. The van der Waals surface area contributed by atoms with Crippen LogP contribution in [0.3, 0.4) is 0 Å². The molecule has 5 nitrogen and oxygen atoms in total. The van der Waals surface area contributed by atoms with E-state index in [1.807, 2.05) is 24.3 Å². The lowest BCUT2D eigenvalue weighted by Gasteiger charge is -2.06. The Kier molecular flexibility index (Phi) is 5.37. The molecule has 2 aromatic carbocycles. The Balaban J connectivity index is 1.59. The molecule has 0 spiro atoms. The molecule has 0 atom stereocenters. The van der Waals surface area contributed by atoms with E-state index >= 15 is 0 Å². The number of ether oxygens (including phenoxy) is 1. The molecule has 26 heavy (non-hydrogen) atoms. The molecular weight excluding hydrogens is 328 g/mol. The molecule has 0 radical (unpaired) electrons. The molecule has 1 amide bonds. The summed E-state index contributed by atoms with van der Waals surface area (Å²) in [5, 5.41) is 2.85. The van der Waals surface area contributed by atoms with Gasteiger partial charge in [0.1, 0.15) is 5.75 Å². The third-order valence-electron chi connectivity index (χ3n) is 4.26. The average Bonchev–Trinajstić information content (AvgIpc) is 3.11. The first-order chi connectivity index (χ1) is 12.5. The van der Waals surface area contributed by atoms with Crippen LogP contribution in [0.15, 0.2) is 53.1 Å². The van der Waals surface area contributed by atoms with E-state index in [0.717, 1.165) is 11.3 Å². The van der Waals surface area contributed by atoms with Gasteiger partial charge in [0.25, 0.3) is 0 Å². The van der Waals surface area contributed by atoms with Crippen LogP contribution in [-0.4, -0.2) is 18.0 Å². The normalized spacial score (nSPS) is 10.6. The fourth-order valence-corrected chi connectivity index (χ4v) is 2.60. The van der Waals surface area contributed by atoms with Crippen molar-refractivity contribution >= 4 is 11.6 Å². The summed E-state index contributed by atoms with van der Waals surface area (Å²) in [7, 11) is 1.59. The number of benzene rings is 2. The van der Waals surface area contributed by atoms with E-state index in [1.54, 1.807) is 19.4 Å². The van der Waals surface area contributed by atoms with Crippen molar-refractivity contribution < 1.29 is 13.9 Å². The minimum Gasteiger partial charge on any atom is -0.497 e. The number of carbonyl (C=O) groups excluding carboxylic acids is 1. The van der Waals surface area contributed by atoms with E-state index in [1.165, 1.54) is 11.1 Å². The van der Waals surface area contributed by atoms with Gasteiger partial charge in [-0.15, -0.1) is 0 Å². The van der Waals surface area contributed by atoms with Crippen molar-refractivity contribution in [2.45, 2.75) is 26.7 Å². The van der Waals surface area contributed by atoms with E-state index in [9.17, 15) is 4.79 Å². The SMILES string of the molecule is COc1cccc(NC(=O)CCc2ncc(-c3ccc(C)c(C)c3)o2)c1. The van der Waals surface area contributed by atoms with Gasteiger partial charge in [0, 0.05) is 30.2 Å². The Bertz CT molecular complexity index is 915. The molecular formula is C21H22N2O3. The molecule has 1 aromatic heterocycles. The Morgan fingerprint density at radius 1 is 1.15 bits per heavy atom. The molecule has 0 unspecified atom stereocenters. The van der Waals surface area contributed by atoms with Crippen LogP contribution in [0.25, 0.3) is 11.3 Å². The first-order valence-electron chi connectivity index (χ1n) is 8.51. The number of methoxy groups -OCH3 is 1. The molecule has 0 aliphatic heterocycles. The zero-order valence-corrected chi connectivity index (χ0v) is 15.2. The van der Waals surface area contributed by atoms with E-state index in [4.69, 9.17) is 9.15 Å². The predicted octanol–water partition coefficient (Wildman–Crippen LogP) is 4.54. The molecule has 0 aliphatic rings. The van der Waals surface area contributed by atoms with E-state index in [-0.39, 0.29) is 5.91 Å². The number of hydrogen-bond donors (Lipinski definition) is 1. The second kappa shape index (κ2) is 7.87. The van der Waals surface area contributed by atoms with Gasteiger partial charge >= 0.3 is 0 Å². The zero-order valence-electron chi connectivity index (χ0n) is 15.2. The lowest BCUT2D eigenvalue weighted by atomic mass is 10.1. The molecule has 0 saturated carbocycles. The van der Waals surface area contributed by atoms with Gasteiger partial charge in [0.2, 0.25) is 5.91 Å². The second-order valence-corrected chi connectivity index (χ2v) is 6.20. The number of amides is 1. The summed E-state index contributed by atoms with van der Waals surface area (Å²) < 4.78 is 10.9. The van der Waals surface area contributed by atoms with Crippen LogP contribution in [0.1, 0.15) is 23.4 Å². The summed E-state index contributed by atoms with van der Waals surface area (Å²) in [4.78, 5) is 16.4. The quantitative estimate of drug-likeness (QED) is 0.709. The summed E-state index contributed by atoms with van der Waals surface area (Å²) in [5.41, 5.74) is 4.14. The largest absolute Gasteiger partial charge is 0.497 e. The van der Waals surface area contributed by atoms with Crippen molar-refractivity contribution in [2.24, 2.45) is 0 Å². The van der Waals surface area contributed by atoms with Gasteiger partial charge in [-0.1, -0.05) is 18.2 Å². The number of anilines is 1. The third-order valence-corrected chi connectivity index (χ3v) is 4.26. The monoisotopic (exact) mass is 350 g/mol. The van der Waals surface area contributed by atoms with Crippen LogP contribution in [0.4, 0.5) is 5.69 Å². The fourth-order valence-electron chi connectivity index (χ4n) is 2.60. The second-order valence-electron chi connectivity index (χ2n) is 6.20. The first-order valence-corrected chi connectivity index (χ1v) is 8.51. The Morgan fingerprint density at radius 2 is 2.00 bits per heavy atom. The Morgan fingerprint density at radius 3 is 2.77 bits per heavy atom. The Hall–Kier alpha value is -3.08. The summed E-state index contributed by atoms with van der Waals surface area (Å²) in [6.45, 7) is 4.14. The standard InChI is InChI=1S/C21H22N2O3/c1-14-7-8-16(11-15(14)2)19-13-22-21(26-19)10-9-20(24)23-17-5-4-6-18(12-17)25-3/h4-8,11-13H,9-10H2,1-3H3,(H,23,24). The highest BCUT2D eigenvalue weighted by molar-refractivity contribution is 5.90. The molecule has 1 heterocycles. The number of nitrogens with zero attached hydrogens (tertiary/aromatic N) is 1. The van der Waals surface area contributed by atoms with E-state index in [0.29, 0.717) is 30.2 Å². The molecule has 134 valence electrons. The predicted molar refractivity (Wildman–Crippen MR) is 101 cm³/mol. The van der Waals surface area contributed by atoms with Gasteiger partial charge in [0.15, 0.2) is 11.7 Å². The van der Waals surface area contributed by atoms with Crippen LogP contribution in [0, 0.1) is 13.8 Å². The minimum absolute atomic E-state index is 0.0933. The summed E-state index contributed by atoms with van der Waals surface area (Å²) in [5.74, 6) is 1.88. The van der Waals surface area contributed by atoms with Crippen molar-refractivity contribution in [3.05, 3.63) is 65.7 Å². The van der Waals surface area contributed by atoms with Crippen molar-refractivity contribution in [1.82, 2.24) is 4.98 Å². The highest BCUT2D eigenvalue weighted by atomic mass is 16.5. The molecule has 1 N–H and O–H groups in total. The molecule has 0 aliphatic carbocycles. The van der Waals surface area contributed by atoms with Crippen molar-refractivity contribution in [2.75, 3.05) is 12.4 Å². The number of nitrogens with one attached hydrogen (secondary N) is 1. The average molecular weight is 350 g/mol. The minimum atomic E-state index is -0.0933. The third kappa shape index (κ3) is 4.30. The number of aryl methyl sites for hydroxylation is 3. The van der Waals surface area contributed by atoms with Gasteiger partial charge in [-0.2, -0.15) is 0 Å². The highest BCUT2D eigenvalue weighted by Gasteiger charge is 2.10. The number of oxazole rings is 1. The first kappa shape index (κ1) is 17.7. The topological polar surface area (TPSA) is 64.4 Å². The van der Waals surface area contributed by atoms with Gasteiger partial charge in [-0.3, -0.25) is 4.79 Å². The highest BCUT2D eigenvalue weighted by Crippen LogP contribution is 2.23. The molecule has 0 saturated heterocycles. The van der Waals surface area contributed by atoms with Crippen LogP contribution >= 0.6 is 0 Å². The van der Waals surface area contributed by atoms with Crippen LogP contribution in [0.2, 0.25) is 0 Å². The zero-order chi connectivity index (χ0) is 18.5. The lowest BCUT2D eigenvalue weighted by Crippen LogP contribution is -2.12. The maximum absolute atomic E-state index is 12.1. The maximum atomic E-state index is 12.1. The number of hydrogen-bond acceptors (Lipinski definition) is 4. The van der Waals surface area contributed by atoms with E-state index < -0.39 is 0 Å². The van der Waals surface area contributed by atoms with E-state index in [2.05, 4.69) is 36.3 Å². The smallest absolute Gasteiger partial charge is 0.224 e. The van der Waals surface area contributed by atoms with Crippen molar-refractivity contribution in [1.29, 1.82) is 0 Å². The number of rotatable bonds is 6. The number of carbonyl (C=O) groups is 1. The van der Waals surface area contributed by atoms with Gasteiger partial charge in [0.05, 0.1) is 13.3 Å². The van der Waals surface area contributed by atoms with Crippen molar-refractivity contribution in [3.63, 3.8) is 0 Å². The molecule has 3 rings (SSSR count). The molecule has 0 bridgehead atoms.